The van der Waals surface area contributed by atoms with Crippen molar-refractivity contribution in [2.45, 2.75) is 23.4 Å². The third-order valence-electron chi connectivity index (χ3n) is 5.18. The summed E-state index contributed by atoms with van der Waals surface area (Å²) in [7, 11) is -3.55. The van der Waals surface area contributed by atoms with Crippen LogP contribution in [0.1, 0.15) is 27.2 Å². The molecule has 3 aromatic carbocycles. The fraction of sp³-hybridized carbons (Fsp3) is 0.120. The second-order valence-electron chi connectivity index (χ2n) is 7.76. The first-order valence-electron chi connectivity index (χ1n) is 10.5. The van der Waals surface area contributed by atoms with Crippen LogP contribution in [0.25, 0.3) is 5.69 Å². The molecule has 0 aliphatic heterocycles. The lowest BCUT2D eigenvalue weighted by molar-refractivity contribution is -0.141. The minimum atomic E-state index is -4.52. The number of nitrogens with one attached hydrogen (secondary N) is 1. The average Bonchev–Trinajstić information content (AvgIpc) is 3.34. The molecule has 1 aromatic heterocycles. The number of hydrogen-bond donors (Lipinski definition) is 1. The van der Waals surface area contributed by atoms with E-state index in [9.17, 15) is 26.4 Å². The second-order valence-corrected chi connectivity index (χ2v) is 9.75. The van der Waals surface area contributed by atoms with Gasteiger partial charge in [-0.3, -0.25) is 4.79 Å². The highest BCUT2D eigenvalue weighted by atomic mass is 32.2. The Morgan fingerprint density at radius 1 is 0.886 bits per heavy atom. The van der Waals surface area contributed by atoms with Gasteiger partial charge in [0.05, 0.1) is 16.3 Å². The number of hydrogen-bond acceptors (Lipinski definition) is 4. The Balaban J connectivity index is 1.39. The molecule has 1 amide bonds. The summed E-state index contributed by atoms with van der Waals surface area (Å²) in [6, 6.07) is 21.9. The first kappa shape index (κ1) is 24.2. The zero-order valence-electron chi connectivity index (χ0n) is 18.2. The van der Waals surface area contributed by atoms with Crippen LogP contribution in [-0.4, -0.2) is 24.1 Å². The summed E-state index contributed by atoms with van der Waals surface area (Å²) in [6.45, 7) is 0.179. The average molecular weight is 500 g/mol. The lowest BCUT2D eigenvalue weighted by atomic mass is 10.1. The first-order chi connectivity index (χ1) is 16.6. The number of carbonyl (C=O) groups excluding carboxylic acids is 1. The third kappa shape index (κ3) is 5.96. The van der Waals surface area contributed by atoms with Gasteiger partial charge >= 0.3 is 6.18 Å². The van der Waals surface area contributed by atoms with Crippen molar-refractivity contribution in [3.63, 3.8) is 0 Å². The fourth-order valence-corrected chi connectivity index (χ4v) is 4.76. The molecule has 0 fully saturated rings. The molecule has 0 aliphatic carbocycles. The Hall–Kier alpha value is -3.92. The lowest BCUT2D eigenvalue weighted by Crippen LogP contribution is -2.23. The summed E-state index contributed by atoms with van der Waals surface area (Å²) < 4.78 is 64.6. The number of nitrogens with zero attached hydrogens (tertiary/aromatic N) is 2. The molecular formula is C25H20F3N3O3S. The number of rotatable bonds is 7. The number of benzene rings is 3. The van der Waals surface area contributed by atoms with Crippen molar-refractivity contribution in [2.75, 3.05) is 0 Å². The van der Waals surface area contributed by atoms with E-state index >= 15 is 0 Å². The predicted molar refractivity (Wildman–Crippen MR) is 124 cm³/mol. The van der Waals surface area contributed by atoms with E-state index in [0.717, 1.165) is 16.3 Å². The van der Waals surface area contributed by atoms with Crippen LogP contribution in [0.3, 0.4) is 0 Å². The zero-order chi connectivity index (χ0) is 25.1. The van der Waals surface area contributed by atoms with E-state index in [1.807, 2.05) is 0 Å². The van der Waals surface area contributed by atoms with Gasteiger partial charge in [0, 0.05) is 18.3 Å². The molecule has 0 bridgehead atoms. The van der Waals surface area contributed by atoms with Crippen LogP contribution in [-0.2, 0) is 28.3 Å². The lowest BCUT2D eigenvalue weighted by Gasteiger charge is -2.09. The van der Waals surface area contributed by atoms with E-state index < -0.39 is 21.7 Å². The third-order valence-corrected chi connectivity index (χ3v) is 6.89. The van der Waals surface area contributed by atoms with Gasteiger partial charge in [0.15, 0.2) is 15.5 Å². The smallest absolute Gasteiger partial charge is 0.348 e. The van der Waals surface area contributed by atoms with Crippen LogP contribution >= 0.6 is 0 Å². The molecule has 0 saturated carbocycles. The number of alkyl halides is 3. The molecule has 4 aromatic rings. The maximum atomic E-state index is 12.7. The largest absolute Gasteiger partial charge is 0.435 e. The molecule has 0 aliphatic rings. The summed E-state index contributed by atoms with van der Waals surface area (Å²) in [4.78, 5) is 12.8. The van der Waals surface area contributed by atoms with Crippen molar-refractivity contribution in [2.24, 2.45) is 0 Å². The Labute approximate surface area is 200 Å². The highest BCUT2D eigenvalue weighted by Crippen LogP contribution is 2.28. The predicted octanol–water partition coefficient (Wildman–Crippen LogP) is 4.80. The first-order valence-corrected chi connectivity index (χ1v) is 12.1. The Kier molecular flexibility index (Phi) is 6.74. The van der Waals surface area contributed by atoms with Crippen LogP contribution in [0.15, 0.2) is 96.0 Å². The van der Waals surface area contributed by atoms with Crippen molar-refractivity contribution in [1.29, 1.82) is 0 Å². The molecule has 0 unspecified atom stereocenters. The Morgan fingerprint density at radius 2 is 1.60 bits per heavy atom. The van der Waals surface area contributed by atoms with Gasteiger partial charge in [-0.25, -0.2) is 13.1 Å². The molecule has 1 heterocycles. The molecule has 0 radical (unpaired) electrons. The molecule has 10 heteroatoms. The van der Waals surface area contributed by atoms with E-state index in [2.05, 4.69) is 10.4 Å². The van der Waals surface area contributed by atoms with Crippen molar-refractivity contribution in [3.8, 4) is 5.69 Å². The quantitative estimate of drug-likeness (QED) is 0.396. The second kappa shape index (κ2) is 9.75. The van der Waals surface area contributed by atoms with Crippen molar-refractivity contribution < 1.29 is 26.4 Å². The van der Waals surface area contributed by atoms with E-state index in [-0.39, 0.29) is 23.1 Å². The minimum absolute atomic E-state index is 0.179. The molecule has 35 heavy (non-hydrogen) atoms. The van der Waals surface area contributed by atoms with Gasteiger partial charge in [-0.2, -0.15) is 18.3 Å². The van der Waals surface area contributed by atoms with Crippen molar-refractivity contribution in [1.82, 2.24) is 15.1 Å². The maximum Gasteiger partial charge on any atom is 0.435 e. The number of halogens is 3. The van der Waals surface area contributed by atoms with E-state index in [1.54, 1.807) is 60.7 Å². The van der Waals surface area contributed by atoms with Crippen molar-refractivity contribution in [3.05, 3.63) is 114 Å². The van der Waals surface area contributed by atoms with Crippen LogP contribution in [0, 0.1) is 0 Å². The number of sulfone groups is 1. The molecule has 0 spiro atoms. The summed E-state index contributed by atoms with van der Waals surface area (Å²) >= 11 is 0. The highest BCUT2D eigenvalue weighted by molar-refractivity contribution is 7.90. The zero-order valence-corrected chi connectivity index (χ0v) is 19.1. The molecule has 180 valence electrons. The van der Waals surface area contributed by atoms with Gasteiger partial charge in [0.2, 0.25) is 0 Å². The monoisotopic (exact) mass is 499 g/mol. The Morgan fingerprint density at radius 3 is 2.26 bits per heavy atom. The summed E-state index contributed by atoms with van der Waals surface area (Å²) in [5.41, 5.74) is 1.01. The Bertz CT molecular complexity index is 1430. The molecule has 4 rings (SSSR count). The molecule has 1 N–H and O–H groups in total. The number of carbonyl (C=O) groups is 1. The van der Waals surface area contributed by atoms with Crippen molar-refractivity contribution >= 4 is 15.7 Å². The number of aromatic nitrogens is 2. The van der Waals surface area contributed by atoms with Gasteiger partial charge in [-0.05, 0) is 53.6 Å². The van der Waals surface area contributed by atoms with Crippen LogP contribution in [0.5, 0.6) is 0 Å². The highest BCUT2D eigenvalue weighted by Gasteiger charge is 2.33. The molecule has 0 saturated heterocycles. The van der Waals surface area contributed by atoms with E-state index in [1.165, 1.54) is 24.4 Å². The van der Waals surface area contributed by atoms with Gasteiger partial charge in [0.1, 0.15) is 0 Å². The van der Waals surface area contributed by atoms with Gasteiger partial charge in [0.25, 0.3) is 5.91 Å². The molecular weight excluding hydrogens is 479 g/mol. The SMILES string of the molecule is O=C(NCc1ccc(-n2ccc(C(F)(F)F)n2)cc1)c1cccc(CS(=O)(=O)c2ccccc2)c1. The van der Waals surface area contributed by atoms with Gasteiger partial charge in [-0.15, -0.1) is 0 Å². The van der Waals surface area contributed by atoms with Gasteiger partial charge in [-0.1, -0.05) is 42.5 Å². The van der Waals surface area contributed by atoms with Crippen LogP contribution < -0.4 is 5.32 Å². The van der Waals surface area contributed by atoms with E-state index in [0.29, 0.717) is 16.8 Å². The van der Waals surface area contributed by atoms with Crippen LogP contribution in [0.4, 0.5) is 13.2 Å². The number of amides is 1. The summed E-state index contributed by atoms with van der Waals surface area (Å²) in [6.07, 6.45) is -3.29. The molecule has 6 nitrogen and oxygen atoms in total. The summed E-state index contributed by atoms with van der Waals surface area (Å²) in [5, 5.41) is 6.29. The van der Waals surface area contributed by atoms with Gasteiger partial charge < -0.3 is 5.32 Å². The standard InChI is InChI=1S/C25H20F3N3O3S/c26-25(27,28)23-13-14-31(30-23)21-11-9-18(10-12-21)16-29-24(32)20-6-4-5-19(15-20)17-35(33,34)22-7-2-1-3-8-22/h1-15H,16-17H2,(H,29,32). The normalized spacial score (nSPS) is 11.9. The van der Waals surface area contributed by atoms with Crippen LogP contribution in [0.2, 0.25) is 0 Å². The molecule has 0 atom stereocenters. The topological polar surface area (TPSA) is 81.1 Å². The fourth-order valence-electron chi connectivity index (χ4n) is 3.40. The van der Waals surface area contributed by atoms with E-state index in [4.69, 9.17) is 0 Å². The minimum Gasteiger partial charge on any atom is -0.348 e. The maximum absolute atomic E-state index is 12.7. The summed E-state index contributed by atoms with van der Waals surface area (Å²) in [5.74, 6) is -0.613.